The molecule has 0 amide bonds. The van der Waals surface area contributed by atoms with E-state index in [0.717, 1.165) is 0 Å². The normalized spacial score (nSPS) is 12.9. The lowest BCUT2D eigenvalue weighted by atomic mass is 10.2. The van der Waals surface area contributed by atoms with E-state index in [9.17, 15) is 18.0 Å². The van der Waals surface area contributed by atoms with Gasteiger partial charge in [-0.1, -0.05) is 15.9 Å². The molecule has 0 aliphatic carbocycles. The molecule has 0 saturated heterocycles. The van der Waals surface area contributed by atoms with E-state index in [-0.39, 0.29) is 17.7 Å². The summed E-state index contributed by atoms with van der Waals surface area (Å²) in [6.07, 6.45) is -0.577. The van der Waals surface area contributed by atoms with Gasteiger partial charge in [-0.15, -0.1) is 0 Å². The first kappa shape index (κ1) is 15.8. The minimum absolute atomic E-state index is 0.161. The summed E-state index contributed by atoms with van der Waals surface area (Å²) in [4.78, 5) is 21.9. The van der Waals surface area contributed by atoms with Crippen LogP contribution in [0.25, 0.3) is 0 Å². The van der Waals surface area contributed by atoms with E-state index >= 15 is 0 Å². The highest BCUT2D eigenvalue weighted by molar-refractivity contribution is 9.10. The summed E-state index contributed by atoms with van der Waals surface area (Å²) in [7, 11) is -4.18. The highest BCUT2D eigenvalue weighted by atomic mass is 79.9. The zero-order chi connectivity index (χ0) is 14.6. The molecule has 0 saturated carbocycles. The van der Waals surface area contributed by atoms with Gasteiger partial charge in [0.25, 0.3) is 5.12 Å². The van der Waals surface area contributed by atoms with Crippen LogP contribution in [0.15, 0.2) is 33.6 Å². The summed E-state index contributed by atoms with van der Waals surface area (Å²) in [5.74, 6) is -1.13. The molecule has 0 fully saturated rings. The monoisotopic (exact) mass is 349 g/mol. The number of aliphatic carboxylic acids is 1. The molecule has 0 radical (unpaired) electrons. The van der Waals surface area contributed by atoms with Crippen LogP contribution in [-0.2, 0) is 19.4 Å². The van der Waals surface area contributed by atoms with Crippen LogP contribution in [0.4, 0.5) is 0 Å². The molecule has 6 nitrogen and oxygen atoms in total. The Morgan fingerprint density at radius 2 is 1.79 bits per heavy atom. The molecule has 0 aliphatic rings. The number of hydrogen-bond donors (Lipinski definition) is 2. The van der Waals surface area contributed by atoms with Crippen molar-refractivity contribution in [3.8, 4) is 0 Å². The maximum atomic E-state index is 11.9. The van der Waals surface area contributed by atoms with Crippen LogP contribution in [0.2, 0.25) is 0 Å². The minimum Gasteiger partial charge on any atom is -0.481 e. The van der Waals surface area contributed by atoms with Crippen LogP contribution in [0.3, 0.4) is 0 Å². The molecular formula is C11H12BrNO5S. The molecule has 3 N–H and O–H groups in total. The molecule has 0 aromatic heterocycles. The highest BCUT2D eigenvalue weighted by Gasteiger charge is 2.30. The summed E-state index contributed by atoms with van der Waals surface area (Å²) in [6.45, 7) is 0. The highest BCUT2D eigenvalue weighted by Crippen LogP contribution is 2.17. The number of carbonyl (C=O) groups excluding carboxylic acids is 1. The number of rotatable bonds is 5. The largest absolute Gasteiger partial charge is 0.481 e. The van der Waals surface area contributed by atoms with Gasteiger partial charge in [0.15, 0.2) is 0 Å². The number of sulfone groups is 1. The van der Waals surface area contributed by atoms with Gasteiger partial charge in [-0.2, -0.15) is 0 Å². The van der Waals surface area contributed by atoms with Gasteiger partial charge in [-0.3, -0.25) is 9.59 Å². The van der Waals surface area contributed by atoms with Crippen LogP contribution in [0, 0.1) is 0 Å². The quantitative estimate of drug-likeness (QED) is 0.817. The Bertz CT molecular complexity index is 582. The van der Waals surface area contributed by atoms with Gasteiger partial charge < -0.3 is 10.8 Å². The number of carboxylic acid groups (broad SMARTS) is 1. The molecule has 19 heavy (non-hydrogen) atoms. The number of hydrogen-bond acceptors (Lipinski definition) is 5. The van der Waals surface area contributed by atoms with Gasteiger partial charge >= 0.3 is 5.97 Å². The smallest absolute Gasteiger partial charge is 0.303 e. The third-order valence-corrected chi connectivity index (χ3v) is 4.61. The minimum atomic E-state index is -4.18. The van der Waals surface area contributed by atoms with Crippen molar-refractivity contribution in [3.63, 3.8) is 0 Å². The predicted molar refractivity (Wildman–Crippen MR) is 71.2 cm³/mol. The molecule has 0 bridgehead atoms. The van der Waals surface area contributed by atoms with Crippen LogP contribution < -0.4 is 5.73 Å². The van der Waals surface area contributed by atoms with Crippen molar-refractivity contribution in [2.75, 3.05) is 0 Å². The molecule has 1 rings (SSSR count). The number of halogens is 1. The van der Waals surface area contributed by atoms with Crippen molar-refractivity contribution in [3.05, 3.63) is 28.7 Å². The summed E-state index contributed by atoms with van der Waals surface area (Å²) in [5, 5.41) is 7.30. The van der Waals surface area contributed by atoms with E-state index in [1.165, 1.54) is 24.3 Å². The Kier molecular flexibility index (Phi) is 5.21. The fourth-order valence-corrected chi connectivity index (χ4v) is 2.83. The Morgan fingerprint density at radius 1 is 1.26 bits per heavy atom. The predicted octanol–water partition coefficient (Wildman–Crippen LogP) is 0.942. The number of nitrogens with two attached hydrogens (primary N) is 1. The Hall–Kier alpha value is -1.25. The van der Waals surface area contributed by atoms with E-state index in [0.29, 0.717) is 4.47 Å². The van der Waals surface area contributed by atoms with Crippen LogP contribution in [0.1, 0.15) is 12.8 Å². The molecule has 8 heteroatoms. The SMILES string of the molecule is N[C@@H](CCC(=O)O)C(=O)S(=O)(=O)c1ccc(Br)cc1. The summed E-state index contributed by atoms with van der Waals surface area (Å²) in [5.41, 5.74) is 5.42. The van der Waals surface area contributed by atoms with Gasteiger partial charge in [0.1, 0.15) is 0 Å². The first-order valence-electron chi connectivity index (χ1n) is 5.27. The maximum absolute atomic E-state index is 11.9. The number of carbonyl (C=O) groups is 2. The van der Waals surface area contributed by atoms with Gasteiger partial charge in [0.2, 0.25) is 9.84 Å². The molecule has 1 aromatic rings. The average molecular weight is 350 g/mol. The fourth-order valence-electron chi connectivity index (χ4n) is 1.33. The first-order chi connectivity index (χ1) is 8.75. The third-order valence-electron chi connectivity index (χ3n) is 2.36. The lowest BCUT2D eigenvalue weighted by Gasteiger charge is -2.09. The average Bonchev–Trinajstić information content (AvgIpc) is 2.35. The standard InChI is InChI=1S/C11H12BrNO5S/c12-7-1-3-8(4-2-7)19(17,18)11(16)9(13)5-6-10(14)15/h1-4,9H,5-6,13H2,(H,14,15)/t9-/m0/s1. The molecule has 0 unspecified atom stereocenters. The summed E-state index contributed by atoms with van der Waals surface area (Å²) in [6, 6.07) is 4.19. The lowest BCUT2D eigenvalue weighted by Crippen LogP contribution is -2.36. The Morgan fingerprint density at radius 3 is 2.26 bits per heavy atom. The Labute approximate surface area is 118 Å². The number of carboxylic acids is 1. The molecule has 0 heterocycles. The van der Waals surface area contributed by atoms with Crippen molar-refractivity contribution in [1.82, 2.24) is 0 Å². The van der Waals surface area contributed by atoms with Gasteiger partial charge in [0.05, 0.1) is 10.9 Å². The van der Waals surface area contributed by atoms with Crippen LogP contribution in [0.5, 0.6) is 0 Å². The molecule has 1 aromatic carbocycles. The second-order valence-electron chi connectivity index (χ2n) is 3.82. The van der Waals surface area contributed by atoms with E-state index in [1.807, 2.05) is 0 Å². The van der Waals surface area contributed by atoms with E-state index in [1.54, 1.807) is 0 Å². The second-order valence-corrected chi connectivity index (χ2v) is 6.61. The molecule has 1 atom stereocenters. The van der Waals surface area contributed by atoms with Crippen LogP contribution >= 0.6 is 15.9 Å². The zero-order valence-electron chi connectivity index (χ0n) is 9.74. The molecular weight excluding hydrogens is 338 g/mol. The van der Waals surface area contributed by atoms with E-state index in [2.05, 4.69) is 15.9 Å². The fraction of sp³-hybridized carbons (Fsp3) is 0.273. The van der Waals surface area contributed by atoms with Crippen LogP contribution in [-0.4, -0.2) is 30.7 Å². The summed E-state index contributed by atoms with van der Waals surface area (Å²) >= 11 is 3.15. The molecule has 104 valence electrons. The van der Waals surface area contributed by atoms with Crippen molar-refractivity contribution in [2.24, 2.45) is 5.73 Å². The van der Waals surface area contributed by atoms with Crippen molar-refractivity contribution in [2.45, 2.75) is 23.8 Å². The first-order valence-corrected chi connectivity index (χ1v) is 7.54. The van der Waals surface area contributed by atoms with Gasteiger partial charge in [-0.05, 0) is 30.7 Å². The van der Waals surface area contributed by atoms with E-state index < -0.39 is 27.0 Å². The second kappa shape index (κ2) is 6.27. The Balaban J connectivity index is 2.91. The third kappa shape index (κ3) is 4.12. The van der Waals surface area contributed by atoms with Gasteiger partial charge in [0, 0.05) is 10.9 Å². The zero-order valence-corrected chi connectivity index (χ0v) is 12.1. The maximum Gasteiger partial charge on any atom is 0.303 e. The topological polar surface area (TPSA) is 115 Å². The van der Waals surface area contributed by atoms with Crippen molar-refractivity contribution >= 4 is 36.9 Å². The summed E-state index contributed by atoms with van der Waals surface area (Å²) < 4.78 is 24.5. The van der Waals surface area contributed by atoms with Gasteiger partial charge in [-0.25, -0.2) is 8.42 Å². The lowest BCUT2D eigenvalue weighted by molar-refractivity contribution is -0.137. The molecule has 0 spiro atoms. The molecule has 0 aliphatic heterocycles. The number of benzene rings is 1. The van der Waals surface area contributed by atoms with E-state index in [4.69, 9.17) is 10.8 Å². The van der Waals surface area contributed by atoms with Crippen molar-refractivity contribution < 1.29 is 23.1 Å². The van der Waals surface area contributed by atoms with Crippen molar-refractivity contribution in [1.29, 1.82) is 0 Å².